The van der Waals surface area contributed by atoms with Gasteiger partial charge in [0.2, 0.25) is 0 Å². The molecule has 32 heavy (non-hydrogen) atoms. The molecule has 1 unspecified atom stereocenters. The number of carbonyl (C=O) groups is 2. The van der Waals surface area contributed by atoms with Gasteiger partial charge in [0.15, 0.2) is 11.5 Å². The van der Waals surface area contributed by atoms with E-state index in [4.69, 9.17) is 14.2 Å². The molecular formula is C25H29NO6. The molecule has 1 saturated heterocycles. The molecule has 1 amide bonds. The number of ether oxygens (including phenoxy) is 3. The number of aliphatic hydroxyl groups is 1. The molecule has 0 bridgehead atoms. The van der Waals surface area contributed by atoms with Gasteiger partial charge < -0.3 is 24.2 Å². The lowest BCUT2D eigenvalue weighted by atomic mass is 9.95. The molecule has 0 aliphatic carbocycles. The summed E-state index contributed by atoms with van der Waals surface area (Å²) in [5.41, 5.74) is 1.14. The second-order valence-corrected chi connectivity index (χ2v) is 7.48. The third-order valence-electron chi connectivity index (χ3n) is 5.33. The van der Waals surface area contributed by atoms with Gasteiger partial charge in [0.05, 0.1) is 32.4 Å². The molecule has 0 saturated carbocycles. The summed E-state index contributed by atoms with van der Waals surface area (Å²) >= 11 is 0. The molecule has 1 atom stereocenters. The number of nitrogens with zero attached hydrogens (tertiary/aromatic N) is 1. The molecule has 1 aliphatic heterocycles. The van der Waals surface area contributed by atoms with Gasteiger partial charge in [0.25, 0.3) is 11.7 Å². The number of hydrogen-bond acceptors (Lipinski definition) is 6. The van der Waals surface area contributed by atoms with E-state index in [-0.39, 0.29) is 11.3 Å². The number of ketones is 1. The molecule has 0 spiro atoms. The zero-order valence-corrected chi connectivity index (χ0v) is 18.9. The van der Waals surface area contributed by atoms with Crippen LogP contribution in [-0.2, 0) is 9.59 Å². The Morgan fingerprint density at radius 2 is 1.66 bits per heavy atom. The molecule has 7 nitrogen and oxygen atoms in total. The molecule has 1 N–H and O–H groups in total. The zero-order chi connectivity index (χ0) is 23.3. The minimum absolute atomic E-state index is 0.0536. The SMILES string of the molecule is CCCOc1ccc(/C(O)=C2/C(=O)C(=O)N(CCC)C2c2ccc(OC)c(OC)c2)cc1. The van der Waals surface area contributed by atoms with Crippen molar-refractivity contribution in [3.8, 4) is 17.2 Å². The predicted molar refractivity (Wildman–Crippen MR) is 121 cm³/mol. The number of aliphatic hydroxyl groups excluding tert-OH is 1. The number of hydrogen-bond donors (Lipinski definition) is 1. The first-order valence-electron chi connectivity index (χ1n) is 10.7. The number of rotatable bonds is 9. The van der Waals surface area contributed by atoms with Gasteiger partial charge in [-0.15, -0.1) is 0 Å². The highest BCUT2D eigenvalue weighted by atomic mass is 16.5. The maximum absolute atomic E-state index is 13.0. The van der Waals surface area contributed by atoms with Gasteiger partial charge in [0.1, 0.15) is 11.5 Å². The Bertz CT molecular complexity index is 1010. The van der Waals surface area contributed by atoms with E-state index in [2.05, 4.69) is 0 Å². The summed E-state index contributed by atoms with van der Waals surface area (Å²) in [4.78, 5) is 27.3. The number of benzene rings is 2. The lowest BCUT2D eigenvalue weighted by molar-refractivity contribution is -0.139. The fourth-order valence-electron chi connectivity index (χ4n) is 3.81. The first-order valence-corrected chi connectivity index (χ1v) is 10.7. The van der Waals surface area contributed by atoms with Crippen LogP contribution in [0.1, 0.15) is 43.9 Å². The minimum atomic E-state index is -0.731. The maximum Gasteiger partial charge on any atom is 0.295 e. The molecule has 2 aromatic carbocycles. The Labute approximate surface area is 188 Å². The van der Waals surface area contributed by atoms with Crippen molar-refractivity contribution in [1.82, 2.24) is 4.90 Å². The van der Waals surface area contributed by atoms with Crippen LogP contribution in [0.15, 0.2) is 48.0 Å². The van der Waals surface area contributed by atoms with Crippen molar-refractivity contribution < 1.29 is 28.9 Å². The molecule has 0 radical (unpaired) electrons. The van der Waals surface area contributed by atoms with Crippen LogP contribution in [0.25, 0.3) is 5.76 Å². The van der Waals surface area contributed by atoms with Crippen molar-refractivity contribution in [3.05, 3.63) is 59.2 Å². The molecule has 2 aromatic rings. The summed E-state index contributed by atoms with van der Waals surface area (Å²) in [6.45, 7) is 4.92. The first-order chi connectivity index (χ1) is 15.5. The van der Waals surface area contributed by atoms with Gasteiger partial charge in [0, 0.05) is 12.1 Å². The van der Waals surface area contributed by atoms with E-state index in [0.717, 1.165) is 6.42 Å². The quantitative estimate of drug-likeness (QED) is 0.356. The third kappa shape index (κ3) is 4.42. The second-order valence-electron chi connectivity index (χ2n) is 7.48. The lowest BCUT2D eigenvalue weighted by Gasteiger charge is -2.25. The van der Waals surface area contributed by atoms with Crippen molar-refractivity contribution in [2.45, 2.75) is 32.7 Å². The fraction of sp³-hybridized carbons (Fsp3) is 0.360. The summed E-state index contributed by atoms with van der Waals surface area (Å²) < 4.78 is 16.3. The van der Waals surface area contributed by atoms with E-state index in [9.17, 15) is 14.7 Å². The summed E-state index contributed by atoms with van der Waals surface area (Å²) in [6, 6.07) is 11.3. The Morgan fingerprint density at radius 3 is 2.25 bits per heavy atom. The summed E-state index contributed by atoms with van der Waals surface area (Å²) in [5, 5.41) is 11.1. The Balaban J connectivity index is 2.10. The van der Waals surface area contributed by atoms with Gasteiger partial charge in [-0.25, -0.2) is 0 Å². The summed E-state index contributed by atoms with van der Waals surface area (Å²) in [5.74, 6) is 0.129. The van der Waals surface area contributed by atoms with Gasteiger partial charge >= 0.3 is 0 Å². The number of Topliss-reactive ketones (excluding diaryl/α,β-unsaturated/α-hetero) is 1. The highest BCUT2D eigenvalue weighted by Gasteiger charge is 2.45. The molecule has 3 rings (SSSR count). The van der Waals surface area contributed by atoms with Crippen molar-refractivity contribution >= 4 is 17.4 Å². The average molecular weight is 440 g/mol. The lowest BCUT2D eigenvalue weighted by Crippen LogP contribution is -2.30. The van der Waals surface area contributed by atoms with Crippen LogP contribution in [0.2, 0.25) is 0 Å². The summed E-state index contributed by atoms with van der Waals surface area (Å²) in [6.07, 6.45) is 1.55. The number of likely N-dealkylation sites (tertiary alicyclic amines) is 1. The average Bonchev–Trinajstić information content (AvgIpc) is 3.07. The molecule has 170 valence electrons. The van der Waals surface area contributed by atoms with E-state index in [1.165, 1.54) is 19.1 Å². The molecule has 1 fully saturated rings. The minimum Gasteiger partial charge on any atom is -0.507 e. The molecule has 1 aliphatic rings. The van der Waals surface area contributed by atoms with Gasteiger partial charge in [-0.05, 0) is 54.8 Å². The third-order valence-corrected chi connectivity index (χ3v) is 5.33. The van der Waals surface area contributed by atoms with Crippen LogP contribution in [0.4, 0.5) is 0 Å². The van der Waals surface area contributed by atoms with Gasteiger partial charge in [-0.1, -0.05) is 19.9 Å². The Kier molecular flexibility index (Phi) is 7.41. The predicted octanol–water partition coefficient (Wildman–Crippen LogP) is 4.32. The number of carbonyl (C=O) groups excluding carboxylic acids is 2. The first kappa shape index (κ1) is 23.2. The molecular weight excluding hydrogens is 410 g/mol. The zero-order valence-electron chi connectivity index (χ0n) is 18.9. The highest BCUT2D eigenvalue weighted by Crippen LogP contribution is 2.42. The fourth-order valence-corrected chi connectivity index (χ4v) is 3.81. The van der Waals surface area contributed by atoms with Crippen LogP contribution < -0.4 is 14.2 Å². The van der Waals surface area contributed by atoms with E-state index < -0.39 is 17.7 Å². The largest absolute Gasteiger partial charge is 0.507 e. The van der Waals surface area contributed by atoms with Gasteiger partial charge in [-0.3, -0.25) is 9.59 Å². The molecule has 1 heterocycles. The Hall–Kier alpha value is -3.48. The van der Waals surface area contributed by atoms with Crippen molar-refractivity contribution in [3.63, 3.8) is 0 Å². The van der Waals surface area contributed by atoms with E-state index in [1.807, 2.05) is 13.8 Å². The standard InChI is InChI=1S/C25H29NO6/c1-5-13-26-22(17-9-12-19(30-3)20(15-17)31-4)21(24(28)25(26)29)23(27)16-7-10-18(11-8-16)32-14-6-2/h7-12,15,22,27H,5-6,13-14H2,1-4H3/b23-21-. The smallest absolute Gasteiger partial charge is 0.295 e. The van der Waals surface area contributed by atoms with Crippen LogP contribution in [0.3, 0.4) is 0 Å². The monoisotopic (exact) mass is 439 g/mol. The summed E-state index contributed by atoms with van der Waals surface area (Å²) in [7, 11) is 3.06. The van der Waals surface area contributed by atoms with E-state index in [1.54, 1.807) is 42.5 Å². The Morgan fingerprint density at radius 1 is 0.969 bits per heavy atom. The van der Waals surface area contributed by atoms with Gasteiger partial charge in [-0.2, -0.15) is 0 Å². The van der Waals surface area contributed by atoms with Crippen LogP contribution in [0.5, 0.6) is 17.2 Å². The maximum atomic E-state index is 13.0. The molecule has 0 aromatic heterocycles. The van der Waals surface area contributed by atoms with E-state index in [0.29, 0.717) is 47.9 Å². The number of amides is 1. The van der Waals surface area contributed by atoms with Crippen molar-refractivity contribution in [2.75, 3.05) is 27.4 Å². The second kappa shape index (κ2) is 10.2. The van der Waals surface area contributed by atoms with E-state index >= 15 is 0 Å². The van der Waals surface area contributed by atoms with Crippen LogP contribution in [0, 0.1) is 0 Å². The van der Waals surface area contributed by atoms with Crippen molar-refractivity contribution in [2.24, 2.45) is 0 Å². The topological polar surface area (TPSA) is 85.3 Å². The molecule has 7 heteroatoms. The van der Waals surface area contributed by atoms with Crippen LogP contribution >= 0.6 is 0 Å². The highest BCUT2D eigenvalue weighted by molar-refractivity contribution is 6.46. The van der Waals surface area contributed by atoms with Crippen LogP contribution in [-0.4, -0.2) is 49.1 Å². The number of methoxy groups -OCH3 is 2. The normalized spacial score (nSPS) is 17.5. The van der Waals surface area contributed by atoms with Crippen molar-refractivity contribution in [1.29, 1.82) is 0 Å².